The van der Waals surface area contributed by atoms with Crippen LogP contribution in [0.15, 0.2) is 53.4 Å². The molecule has 0 bridgehead atoms. The van der Waals surface area contributed by atoms with Crippen LogP contribution in [0.3, 0.4) is 0 Å². The monoisotopic (exact) mass is 516 g/mol. The molecule has 35 heavy (non-hydrogen) atoms. The fourth-order valence-corrected chi connectivity index (χ4v) is 6.40. The summed E-state index contributed by atoms with van der Waals surface area (Å²) in [5.41, 5.74) is 0.652. The molecule has 11 heteroatoms. The van der Waals surface area contributed by atoms with Crippen molar-refractivity contribution in [3.63, 3.8) is 0 Å². The average Bonchev–Trinajstić information content (AvgIpc) is 3.45. The van der Waals surface area contributed by atoms with Crippen molar-refractivity contribution in [2.45, 2.75) is 37.5 Å². The zero-order valence-corrected chi connectivity index (χ0v) is 20.9. The third kappa shape index (κ3) is 5.73. The molecule has 1 aromatic heterocycles. The van der Waals surface area contributed by atoms with Crippen LogP contribution in [0.2, 0.25) is 0 Å². The predicted molar refractivity (Wildman–Crippen MR) is 132 cm³/mol. The third-order valence-electron chi connectivity index (χ3n) is 5.70. The highest BCUT2D eigenvalue weighted by Gasteiger charge is 2.34. The zero-order chi connectivity index (χ0) is 25.2. The van der Waals surface area contributed by atoms with E-state index in [9.17, 15) is 22.4 Å². The Kier molecular flexibility index (Phi) is 7.27. The van der Waals surface area contributed by atoms with E-state index in [0.29, 0.717) is 23.7 Å². The summed E-state index contributed by atoms with van der Waals surface area (Å²) in [6.07, 6.45) is 0.712. The number of benzene rings is 2. The van der Waals surface area contributed by atoms with Crippen molar-refractivity contribution in [1.82, 2.24) is 10.2 Å². The van der Waals surface area contributed by atoms with E-state index < -0.39 is 15.7 Å². The van der Waals surface area contributed by atoms with Gasteiger partial charge in [-0.25, -0.2) is 12.8 Å². The number of rotatable bonds is 8. The van der Waals surface area contributed by atoms with Crippen molar-refractivity contribution < 1.29 is 22.4 Å². The minimum Gasteiger partial charge on any atom is -0.312 e. The number of amides is 2. The Bertz CT molecular complexity index is 1340. The lowest BCUT2D eigenvalue weighted by Crippen LogP contribution is -2.24. The van der Waals surface area contributed by atoms with Gasteiger partial charge >= 0.3 is 0 Å². The highest BCUT2D eigenvalue weighted by Crippen LogP contribution is 2.34. The third-order valence-corrected chi connectivity index (χ3v) is 8.50. The molecule has 4 rings (SSSR count). The Morgan fingerprint density at radius 2 is 1.89 bits per heavy atom. The number of anilines is 2. The normalized spacial score (nSPS) is 16.2. The van der Waals surface area contributed by atoms with E-state index in [1.165, 1.54) is 24.3 Å². The van der Waals surface area contributed by atoms with Gasteiger partial charge in [0, 0.05) is 24.6 Å². The number of hydrogen-bond donors (Lipinski definition) is 1. The molecule has 2 heterocycles. The largest absolute Gasteiger partial charge is 0.312 e. The molecule has 1 saturated heterocycles. The maximum Gasteiger partial charge on any atom is 0.258 e. The summed E-state index contributed by atoms with van der Waals surface area (Å²) in [6, 6.07) is 11.8. The molecule has 1 aliphatic heterocycles. The summed E-state index contributed by atoms with van der Waals surface area (Å²) in [5, 5.41) is 11.6. The number of carbonyl (C=O) groups is 2. The van der Waals surface area contributed by atoms with Crippen LogP contribution in [-0.4, -0.2) is 42.7 Å². The highest BCUT2D eigenvalue weighted by atomic mass is 32.2. The van der Waals surface area contributed by atoms with Crippen molar-refractivity contribution in [1.29, 1.82) is 0 Å². The summed E-state index contributed by atoms with van der Waals surface area (Å²) in [7, 11) is -3.63. The Labute approximate surface area is 207 Å². The van der Waals surface area contributed by atoms with E-state index in [1.807, 2.05) is 13.8 Å². The molecule has 0 aliphatic carbocycles. The zero-order valence-electron chi connectivity index (χ0n) is 19.3. The van der Waals surface area contributed by atoms with Crippen LogP contribution in [0.5, 0.6) is 0 Å². The molecule has 8 nitrogen and oxygen atoms in total. The molecule has 1 aliphatic rings. The second-order valence-electron chi connectivity index (χ2n) is 8.78. The summed E-state index contributed by atoms with van der Waals surface area (Å²) < 4.78 is 38.9. The van der Waals surface area contributed by atoms with Crippen LogP contribution in [-0.2, 0) is 14.6 Å². The second kappa shape index (κ2) is 10.2. The molecular weight excluding hydrogens is 491 g/mol. The van der Waals surface area contributed by atoms with Gasteiger partial charge in [-0.15, -0.1) is 10.2 Å². The quantitative estimate of drug-likeness (QED) is 0.479. The van der Waals surface area contributed by atoms with Crippen LogP contribution in [0, 0.1) is 11.7 Å². The van der Waals surface area contributed by atoms with Crippen LogP contribution in [0.25, 0.3) is 0 Å². The predicted octanol–water partition coefficient (Wildman–Crippen LogP) is 4.27. The van der Waals surface area contributed by atoms with Gasteiger partial charge in [-0.1, -0.05) is 37.3 Å². The summed E-state index contributed by atoms with van der Waals surface area (Å²) in [6.45, 7) is 4.25. The van der Waals surface area contributed by atoms with E-state index in [2.05, 4.69) is 15.5 Å². The summed E-state index contributed by atoms with van der Waals surface area (Å²) in [4.78, 5) is 27.0. The molecule has 184 valence electrons. The van der Waals surface area contributed by atoms with Gasteiger partial charge in [0.1, 0.15) is 10.8 Å². The fraction of sp³-hybridized carbons (Fsp3) is 0.333. The lowest BCUT2D eigenvalue weighted by molar-refractivity contribution is -0.117. The number of hydrogen-bond acceptors (Lipinski definition) is 7. The molecular formula is C24H25FN4O4S2. The molecule has 1 fully saturated rings. The van der Waals surface area contributed by atoms with Gasteiger partial charge in [-0.2, -0.15) is 0 Å². The van der Waals surface area contributed by atoms with Gasteiger partial charge in [0.15, 0.2) is 9.84 Å². The number of carbonyl (C=O) groups excluding carboxylic acids is 2. The first-order valence-corrected chi connectivity index (χ1v) is 13.6. The molecule has 2 aromatic carbocycles. The first kappa shape index (κ1) is 24.9. The smallest absolute Gasteiger partial charge is 0.258 e. The number of halogens is 1. The van der Waals surface area contributed by atoms with Crippen LogP contribution < -0.4 is 10.2 Å². The number of sulfone groups is 1. The second-order valence-corrected chi connectivity index (χ2v) is 11.9. The van der Waals surface area contributed by atoms with Gasteiger partial charge in [0.2, 0.25) is 11.0 Å². The van der Waals surface area contributed by atoms with Crippen LogP contribution in [0.4, 0.5) is 15.2 Å². The Morgan fingerprint density at radius 1 is 1.17 bits per heavy atom. The van der Waals surface area contributed by atoms with Crippen molar-refractivity contribution in [3.8, 4) is 0 Å². The molecule has 1 atom stereocenters. The Morgan fingerprint density at radius 3 is 2.60 bits per heavy atom. The summed E-state index contributed by atoms with van der Waals surface area (Å²) >= 11 is 1.14. The standard InChI is InChI=1S/C24H25FN4O4S2/c1-15(2)11-12-35(32,33)20-6-4-3-5-19(20)22(31)26-24-28-27-23(34-24)16-13-21(30)29(14-16)18-9-7-17(25)8-10-18/h3-10,15-16H,11-14H2,1-2H3,(H,26,28,31). The number of nitrogens with one attached hydrogen (secondary N) is 1. The first-order chi connectivity index (χ1) is 16.6. The number of aromatic nitrogens is 2. The number of nitrogens with zero attached hydrogens (tertiary/aromatic N) is 3. The maximum atomic E-state index is 13.2. The molecule has 1 unspecified atom stereocenters. The Balaban J connectivity index is 1.47. The molecule has 0 spiro atoms. The van der Waals surface area contributed by atoms with E-state index in [4.69, 9.17) is 0 Å². The van der Waals surface area contributed by atoms with Crippen LogP contribution in [0.1, 0.15) is 48.0 Å². The highest BCUT2D eigenvalue weighted by molar-refractivity contribution is 7.91. The average molecular weight is 517 g/mol. The van der Waals surface area contributed by atoms with E-state index >= 15 is 0 Å². The van der Waals surface area contributed by atoms with E-state index in [-0.39, 0.29) is 51.3 Å². The van der Waals surface area contributed by atoms with Crippen molar-refractivity contribution >= 4 is 43.8 Å². The van der Waals surface area contributed by atoms with Gasteiger partial charge in [-0.05, 0) is 48.7 Å². The minimum absolute atomic E-state index is 0.0146. The topological polar surface area (TPSA) is 109 Å². The van der Waals surface area contributed by atoms with E-state index in [1.54, 1.807) is 29.2 Å². The maximum absolute atomic E-state index is 13.2. The molecule has 2 amide bonds. The fourth-order valence-electron chi connectivity index (χ4n) is 3.78. The molecule has 0 saturated carbocycles. The SMILES string of the molecule is CC(C)CCS(=O)(=O)c1ccccc1C(=O)Nc1nnc(C2CC(=O)N(c3ccc(F)cc3)C2)s1. The lowest BCUT2D eigenvalue weighted by Gasteiger charge is -2.16. The van der Waals surface area contributed by atoms with Gasteiger partial charge in [0.25, 0.3) is 5.91 Å². The van der Waals surface area contributed by atoms with Crippen LogP contribution >= 0.6 is 11.3 Å². The molecule has 1 N–H and O–H groups in total. The van der Waals surface area contributed by atoms with Gasteiger partial charge < -0.3 is 4.90 Å². The van der Waals surface area contributed by atoms with Crippen molar-refractivity contribution in [2.75, 3.05) is 22.5 Å². The van der Waals surface area contributed by atoms with Crippen molar-refractivity contribution in [3.05, 3.63) is 64.9 Å². The molecule has 3 aromatic rings. The molecule has 0 radical (unpaired) electrons. The Hall–Kier alpha value is -3.18. The van der Waals surface area contributed by atoms with Crippen molar-refractivity contribution in [2.24, 2.45) is 5.92 Å². The first-order valence-electron chi connectivity index (χ1n) is 11.2. The lowest BCUT2D eigenvalue weighted by atomic mass is 10.1. The van der Waals surface area contributed by atoms with Gasteiger partial charge in [0.05, 0.1) is 16.2 Å². The van der Waals surface area contributed by atoms with E-state index in [0.717, 1.165) is 11.3 Å². The minimum atomic E-state index is -3.63. The summed E-state index contributed by atoms with van der Waals surface area (Å²) in [5.74, 6) is -1.13. The van der Waals surface area contributed by atoms with Gasteiger partial charge in [-0.3, -0.25) is 14.9 Å².